The zero-order valence-corrected chi connectivity index (χ0v) is 19.3. The summed E-state index contributed by atoms with van der Waals surface area (Å²) in [6.45, 7) is 5.51. The van der Waals surface area contributed by atoms with E-state index in [1.807, 2.05) is 33.9 Å². The van der Waals surface area contributed by atoms with Crippen molar-refractivity contribution in [2.45, 2.75) is 25.9 Å². The predicted molar refractivity (Wildman–Crippen MR) is 123 cm³/mol. The van der Waals surface area contributed by atoms with Gasteiger partial charge in [-0.2, -0.15) is 5.26 Å². The van der Waals surface area contributed by atoms with E-state index in [4.69, 9.17) is 4.42 Å². The lowest BCUT2D eigenvalue weighted by Crippen LogP contribution is -2.18. The third-order valence-corrected chi connectivity index (χ3v) is 6.46. The number of carbonyl (C=O) groups excluding carboxylic acids is 1. The number of hydrogen-bond donors (Lipinski definition) is 1. The first-order valence-electron chi connectivity index (χ1n) is 10.1. The van der Waals surface area contributed by atoms with Gasteiger partial charge < -0.3 is 14.3 Å². The number of rotatable bonds is 6. The summed E-state index contributed by atoms with van der Waals surface area (Å²) in [7, 11) is 1.82. The number of thioether (sulfide) groups is 1. The Labute approximate surface area is 194 Å². The van der Waals surface area contributed by atoms with Crippen LogP contribution >= 0.6 is 11.8 Å². The molecule has 33 heavy (non-hydrogen) atoms. The van der Waals surface area contributed by atoms with E-state index >= 15 is 0 Å². The van der Waals surface area contributed by atoms with E-state index in [0.29, 0.717) is 28.0 Å². The SMILES string of the molecule is Cc1occc1-c1nnc(SCC(=O)Nc2c(C#N)c(C)c(C)n2-c2ccc(F)cc2)n1C. The molecule has 3 heterocycles. The van der Waals surface area contributed by atoms with Crippen LogP contribution in [-0.4, -0.2) is 31.0 Å². The third-order valence-electron chi connectivity index (χ3n) is 5.43. The second-order valence-corrected chi connectivity index (χ2v) is 8.39. The Bertz CT molecular complexity index is 1380. The molecule has 4 aromatic rings. The quantitative estimate of drug-likeness (QED) is 0.421. The molecule has 0 aliphatic rings. The lowest BCUT2D eigenvalue weighted by Gasteiger charge is -2.13. The van der Waals surface area contributed by atoms with Crippen molar-refractivity contribution in [1.82, 2.24) is 19.3 Å². The minimum atomic E-state index is -0.364. The molecule has 168 valence electrons. The Balaban J connectivity index is 1.56. The first-order chi connectivity index (χ1) is 15.8. The van der Waals surface area contributed by atoms with Crippen molar-refractivity contribution in [1.29, 1.82) is 5.26 Å². The van der Waals surface area contributed by atoms with Crippen molar-refractivity contribution >= 4 is 23.5 Å². The van der Waals surface area contributed by atoms with E-state index in [1.54, 1.807) is 27.5 Å². The fraction of sp³-hybridized carbons (Fsp3) is 0.217. The summed E-state index contributed by atoms with van der Waals surface area (Å²) < 4.78 is 22.3. The molecule has 4 rings (SSSR count). The summed E-state index contributed by atoms with van der Waals surface area (Å²) in [6, 6.07) is 9.87. The van der Waals surface area contributed by atoms with Gasteiger partial charge in [0.25, 0.3) is 0 Å². The van der Waals surface area contributed by atoms with Crippen LogP contribution in [-0.2, 0) is 11.8 Å². The topological polar surface area (TPSA) is 102 Å². The number of nitrogens with zero attached hydrogens (tertiary/aromatic N) is 5. The zero-order chi connectivity index (χ0) is 23.7. The van der Waals surface area contributed by atoms with Crippen LogP contribution < -0.4 is 5.32 Å². The van der Waals surface area contributed by atoms with Gasteiger partial charge in [0, 0.05) is 18.4 Å². The summed E-state index contributed by atoms with van der Waals surface area (Å²) in [6.07, 6.45) is 1.59. The number of amides is 1. The van der Waals surface area contributed by atoms with Gasteiger partial charge in [0.1, 0.15) is 23.5 Å². The number of hydrogen-bond acceptors (Lipinski definition) is 6. The molecule has 0 bridgehead atoms. The monoisotopic (exact) mass is 464 g/mol. The highest BCUT2D eigenvalue weighted by atomic mass is 32.2. The smallest absolute Gasteiger partial charge is 0.236 e. The normalized spacial score (nSPS) is 10.9. The van der Waals surface area contributed by atoms with Crippen LogP contribution in [0.3, 0.4) is 0 Å². The molecule has 0 saturated carbocycles. The molecule has 8 nitrogen and oxygen atoms in total. The van der Waals surface area contributed by atoms with Crippen molar-refractivity contribution in [3.8, 4) is 23.1 Å². The van der Waals surface area contributed by atoms with Gasteiger partial charge in [-0.25, -0.2) is 4.39 Å². The molecule has 0 radical (unpaired) electrons. The molecule has 0 saturated heterocycles. The lowest BCUT2D eigenvalue weighted by molar-refractivity contribution is -0.113. The van der Waals surface area contributed by atoms with Crippen molar-refractivity contribution in [2.24, 2.45) is 7.05 Å². The number of benzene rings is 1. The van der Waals surface area contributed by atoms with Crippen LogP contribution in [0.2, 0.25) is 0 Å². The Hall–Kier alpha value is -3.84. The van der Waals surface area contributed by atoms with Crippen LogP contribution in [0.25, 0.3) is 17.1 Å². The van der Waals surface area contributed by atoms with Gasteiger partial charge in [0.05, 0.1) is 23.1 Å². The van der Waals surface area contributed by atoms with Crippen LogP contribution in [0.1, 0.15) is 22.6 Å². The van der Waals surface area contributed by atoms with E-state index < -0.39 is 0 Å². The molecule has 0 spiro atoms. The predicted octanol–water partition coefficient (Wildman–Crippen LogP) is 4.53. The highest BCUT2D eigenvalue weighted by molar-refractivity contribution is 7.99. The zero-order valence-electron chi connectivity index (χ0n) is 18.5. The van der Waals surface area contributed by atoms with Gasteiger partial charge in [-0.1, -0.05) is 11.8 Å². The molecule has 0 aliphatic carbocycles. The van der Waals surface area contributed by atoms with Gasteiger partial charge in [-0.05, 0) is 56.7 Å². The number of furan rings is 1. The van der Waals surface area contributed by atoms with Crippen LogP contribution in [0.4, 0.5) is 10.2 Å². The molecule has 0 aliphatic heterocycles. The van der Waals surface area contributed by atoms with Gasteiger partial charge in [0.2, 0.25) is 5.91 Å². The first-order valence-corrected chi connectivity index (χ1v) is 11.0. The van der Waals surface area contributed by atoms with E-state index in [-0.39, 0.29) is 17.5 Å². The number of carbonyl (C=O) groups is 1. The highest BCUT2D eigenvalue weighted by Gasteiger charge is 2.22. The maximum atomic E-state index is 13.4. The molecule has 10 heteroatoms. The maximum absolute atomic E-state index is 13.4. The molecule has 0 fully saturated rings. The van der Waals surface area contributed by atoms with Crippen LogP contribution in [0.5, 0.6) is 0 Å². The number of anilines is 1. The number of halogens is 1. The second-order valence-electron chi connectivity index (χ2n) is 7.45. The van der Waals surface area contributed by atoms with Gasteiger partial charge in [0.15, 0.2) is 11.0 Å². The lowest BCUT2D eigenvalue weighted by atomic mass is 10.2. The van der Waals surface area contributed by atoms with Crippen LogP contribution in [0.15, 0.2) is 46.2 Å². The fourth-order valence-electron chi connectivity index (χ4n) is 3.56. The van der Waals surface area contributed by atoms with Gasteiger partial charge >= 0.3 is 0 Å². The van der Waals surface area contributed by atoms with Crippen molar-refractivity contribution < 1.29 is 13.6 Å². The minimum Gasteiger partial charge on any atom is -0.469 e. The second kappa shape index (κ2) is 8.96. The fourth-order valence-corrected chi connectivity index (χ4v) is 4.28. The molecule has 0 unspecified atom stereocenters. The largest absolute Gasteiger partial charge is 0.469 e. The Morgan fingerprint density at radius 2 is 1.94 bits per heavy atom. The molecule has 0 atom stereocenters. The van der Waals surface area contributed by atoms with Crippen molar-refractivity contribution in [2.75, 3.05) is 11.1 Å². The number of nitriles is 1. The first kappa shape index (κ1) is 22.4. The molecule has 1 aromatic carbocycles. The van der Waals surface area contributed by atoms with Crippen LogP contribution in [0, 0.1) is 37.9 Å². The molecule has 3 aromatic heterocycles. The Kier molecular flexibility index (Phi) is 6.07. The Morgan fingerprint density at radius 1 is 1.21 bits per heavy atom. The number of aromatic nitrogens is 4. The summed E-state index contributed by atoms with van der Waals surface area (Å²) in [4.78, 5) is 12.8. The van der Waals surface area contributed by atoms with E-state index in [0.717, 1.165) is 22.6 Å². The van der Waals surface area contributed by atoms with Crippen molar-refractivity contribution in [3.05, 3.63) is 65.0 Å². The van der Waals surface area contributed by atoms with E-state index in [1.165, 1.54) is 23.9 Å². The molecular weight excluding hydrogens is 443 g/mol. The summed E-state index contributed by atoms with van der Waals surface area (Å²) >= 11 is 1.23. The van der Waals surface area contributed by atoms with Gasteiger partial charge in [-0.15, -0.1) is 10.2 Å². The van der Waals surface area contributed by atoms with E-state index in [9.17, 15) is 14.4 Å². The summed E-state index contributed by atoms with van der Waals surface area (Å²) in [5.74, 6) is 1.13. The molecule has 1 amide bonds. The standard InChI is InChI=1S/C23H21FN6O2S/c1-13-14(2)30(17-7-5-16(24)6-8-17)21(19(13)11-25)26-20(31)12-33-23-28-27-22(29(23)4)18-9-10-32-15(18)3/h5-10H,12H2,1-4H3,(H,26,31). The third kappa shape index (κ3) is 4.15. The average molecular weight is 465 g/mol. The number of nitrogens with one attached hydrogen (secondary N) is 1. The molecule has 1 N–H and O–H groups in total. The average Bonchev–Trinajstić information content (AvgIpc) is 3.44. The van der Waals surface area contributed by atoms with Crippen molar-refractivity contribution in [3.63, 3.8) is 0 Å². The number of aryl methyl sites for hydroxylation is 1. The van der Waals surface area contributed by atoms with Gasteiger partial charge in [-0.3, -0.25) is 9.36 Å². The van der Waals surface area contributed by atoms with E-state index in [2.05, 4.69) is 21.6 Å². The highest BCUT2D eigenvalue weighted by Crippen LogP contribution is 2.31. The molecular formula is C23H21FN6O2S. The summed E-state index contributed by atoms with van der Waals surface area (Å²) in [5.41, 5.74) is 3.39. The maximum Gasteiger partial charge on any atom is 0.236 e. The summed E-state index contributed by atoms with van der Waals surface area (Å²) in [5, 5.41) is 21.5. The minimum absolute atomic E-state index is 0.0634. The Morgan fingerprint density at radius 3 is 2.58 bits per heavy atom.